The molecule has 0 aliphatic carbocycles. The van der Waals surface area contributed by atoms with Crippen molar-refractivity contribution in [2.24, 2.45) is 0 Å². The van der Waals surface area contributed by atoms with Crippen LogP contribution in [0.3, 0.4) is 0 Å². The third-order valence-electron chi connectivity index (χ3n) is 1.72. The average molecular weight is 220 g/mol. The van der Waals surface area contributed by atoms with Crippen LogP contribution >= 0.6 is 0 Å². The molecule has 1 nitrogen and oxygen atoms in total. The molecule has 0 aromatic carbocycles. The van der Waals surface area contributed by atoms with Gasteiger partial charge >= 0.3 is 56.1 Å². The first-order valence-electron chi connectivity index (χ1n) is 3.28. The van der Waals surface area contributed by atoms with E-state index in [-0.39, 0.29) is 0 Å². The first kappa shape index (κ1) is 6.87. The SMILES string of the molecule is CC1C[N]1[Sn]([CH3])([CH3])[CH3]. The Morgan fingerprint density at radius 3 is 1.75 bits per heavy atom. The van der Waals surface area contributed by atoms with E-state index < -0.39 is 18.7 Å². The summed E-state index contributed by atoms with van der Waals surface area (Å²) in [6.07, 6.45) is 0. The van der Waals surface area contributed by atoms with Crippen molar-refractivity contribution in [3.8, 4) is 0 Å². The topological polar surface area (TPSA) is 3.01 Å². The van der Waals surface area contributed by atoms with Gasteiger partial charge < -0.3 is 0 Å². The van der Waals surface area contributed by atoms with Crippen molar-refractivity contribution in [1.82, 2.24) is 3.12 Å². The van der Waals surface area contributed by atoms with Crippen LogP contribution in [0.15, 0.2) is 0 Å². The van der Waals surface area contributed by atoms with Crippen molar-refractivity contribution in [3.63, 3.8) is 0 Å². The van der Waals surface area contributed by atoms with Crippen molar-refractivity contribution in [2.45, 2.75) is 27.8 Å². The molecule has 1 saturated heterocycles. The standard InChI is InChI=1S/C3H6N.3CH3.Sn/c1-3-2-4-3;;;;/h3H,2H2,1H3;3*1H3;/q-1;;;;+1. The molecule has 2 atom stereocenters. The van der Waals surface area contributed by atoms with E-state index in [1.54, 1.807) is 0 Å². The Hall–Kier alpha value is 0.759. The van der Waals surface area contributed by atoms with Gasteiger partial charge in [-0.2, -0.15) is 0 Å². The maximum atomic E-state index is 2.69. The van der Waals surface area contributed by atoms with Gasteiger partial charge in [0, 0.05) is 0 Å². The van der Waals surface area contributed by atoms with Crippen LogP contribution in [0.25, 0.3) is 0 Å². The fourth-order valence-corrected chi connectivity index (χ4v) is 7.26. The molecule has 0 aromatic heterocycles. The summed E-state index contributed by atoms with van der Waals surface area (Å²) in [5, 5.41) is 0. The summed E-state index contributed by atoms with van der Waals surface area (Å²) >= 11 is -1.50. The summed E-state index contributed by atoms with van der Waals surface area (Å²) in [6, 6.07) is 0.936. The minimum atomic E-state index is -1.50. The third kappa shape index (κ3) is 1.38. The van der Waals surface area contributed by atoms with Crippen LogP contribution in [-0.4, -0.2) is 34.4 Å². The molecule has 8 heavy (non-hydrogen) atoms. The van der Waals surface area contributed by atoms with E-state index in [1.165, 1.54) is 6.54 Å². The van der Waals surface area contributed by atoms with E-state index in [0.717, 1.165) is 6.04 Å². The van der Waals surface area contributed by atoms with Gasteiger partial charge in [-0.1, -0.05) is 0 Å². The second-order valence-corrected chi connectivity index (χ2v) is 17.7. The number of nitrogens with zero attached hydrogens (tertiary/aromatic N) is 1. The predicted molar refractivity (Wildman–Crippen MR) is 39.5 cm³/mol. The van der Waals surface area contributed by atoms with E-state index in [9.17, 15) is 0 Å². The molecule has 0 radical (unpaired) electrons. The fourth-order valence-electron chi connectivity index (χ4n) is 1.17. The molecule has 0 bridgehead atoms. The quantitative estimate of drug-likeness (QED) is 0.478. The van der Waals surface area contributed by atoms with E-state index >= 15 is 0 Å². The van der Waals surface area contributed by atoms with Crippen LogP contribution in [0.4, 0.5) is 0 Å². The molecule has 0 spiro atoms. The van der Waals surface area contributed by atoms with Crippen LogP contribution in [0, 0.1) is 0 Å². The monoisotopic (exact) mass is 221 g/mol. The molecule has 48 valence electrons. The molecule has 0 aromatic rings. The second kappa shape index (κ2) is 1.87. The van der Waals surface area contributed by atoms with E-state index in [2.05, 4.69) is 24.9 Å². The molecule has 2 unspecified atom stereocenters. The number of hydrogen-bond acceptors (Lipinski definition) is 1. The van der Waals surface area contributed by atoms with Gasteiger partial charge in [-0.15, -0.1) is 0 Å². The minimum absolute atomic E-state index is 0.936. The van der Waals surface area contributed by atoms with Gasteiger partial charge in [-0.3, -0.25) is 0 Å². The zero-order valence-electron chi connectivity index (χ0n) is 6.23. The van der Waals surface area contributed by atoms with E-state index in [0.29, 0.717) is 0 Å². The van der Waals surface area contributed by atoms with Gasteiger partial charge in [0.2, 0.25) is 0 Å². The Morgan fingerprint density at radius 1 is 1.38 bits per heavy atom. The molecule has 1 heterocycles. The zero-order valence-corrected chi connectivity index (χ0v) is 9.09. The van der Waals surface area contributed by atoms with Crippen LogP contribution in [0.2, 0.25) is 14.8 Å². The van der Waals surface area contributed by atoms with Gasteiger partial charge in [0.1, 0.15) is 0 Å². The Bertz CT molecular complexity index is 95.2. The Labute approximate surface area is 56.3 Å². The third-order valence-corrected chi connectivity index (χ3v) is 8.42. The molecule has 1 aliphatic heterocycles. The van der Waals surface area contributed by atoms with Crippen LogP contribution in [0.5, 0.6) is 0 Å². The maximum absolute atomic E-state index is 2.69. The summed E-state index contributed by atoms with van der Waals surface area (Å²) in [4.78, 5) is 7.41. The molecule has 0 amide bonds. The normalized spacial score (nSPS) is 37.5. The van der Waals surface area contributed by atoms with Crippen molar-refractivity contribution >= 4 is 18.7 Å². The molecule has 0 N–H and O–H groups in total. The van der Waals surface area contributed by atoms with Crippen LogP contribution in [0.1, 0.15) is 6.92 Å². The van der Waals surface area contributed by atoms with Crippen LogP contribution < -0.4 is 0 Å². The summed E-state index contributed by atoms with van der Waals surface area (Å²) in [6.45, 7) is 3.71. The second-order valence-electron chi connectivity index (χ2n) is 3.67. The van der Waals surface area contributed by atoms with Gasteiger partial charge in [0.05, 0.1) is 0 Å². The number of hydrogen-bond donors (Lipinski definition) is 0. The summed E-state index contributed by atoms with van der Waals surface area (Å²) < 4.78 is 2.69. The molecular weight excluding hydrogens is 205 g/mol. The van der Waals surface area contributed by atoms with Crippen LogP contribution in [-0.2, 0) is 0 Å². The number of rotatable bonds is 1. The molecule has 1 fully saturated rings. The molecule has 1 aliphatic rings. The van der Waals surface area contributed by atoms with Gasteiger partial charge in [-0.05, 0) is 0 Å². The molecule has 0 saturated carbocycles. The van der Waals surface area contributed by atoms with Crippen molar-refractivity contribution in [2.75, 3.05) is 6.54 Å². The Kier molecular flexibility index (Phi) is 1.61. The molecule has 2 heteroatoms. The van der Waals surface area contributed by atoms with Gasteiger partial charge in [0.15, 0.2) is 0 Å². The Balaban J connectivity index is 2.39. The first-order valence-corrected chi connectivity index (χ1v) is 13.1. The van der Waals surface area contributed by atoms with Gasteiger partial charge in [-0.25, -0.2) is 0 Å². The van der Waals surface area contributed by atoms with Crippen molar-refractivity contribution < 1.29 is 0 Å². The van der Waals surface area contributed by atoms with Crippen molar-refractivity contribution in [1.29, 1.82) is 0 Å². The Morgan fingerprint density at radius 2 is 1.75 bits per heavy atom. The fraction of sp³-hybridized carbons (Fsp3) is 1.00. The summed E-state index contributed by atoms with van der Waals surface area (Å²) in [5.41, 5.74) is 0. The summed E-state index contributed by atoms with van der Waals surface area (Å²) in [5.74, 6) is 0. The summed E-state index contributed by atoms with van der Waals surface area (Å²) in [7, 11) is 0. The van der Waals surface area contributed by atoms with Crippen molar-refractivity contribution in [3.05, 3.63) is 0 Å². The van der Waals surface area contributed by atoms with Gasteiger partial charge in [0.25, 0.3) is 0 Å². The van der Waals surface area contributed by atoms with E-state index in [4.69, 9.17) is 0 Å². The molecule has 1 rings (SSSR count). The average Bonchev–Trinajstić information content (AvgIpc) is 2.13. The molecular formula is C6H15NSn. The first-order chi connectivity index (χ1) is 3.52. The zero-order chi connectivity index (χ0) is 6.36. The predicted octanol–water partition coefficient (Wildman–Crippen LogP) is 1.53. The van der Waals surface area contributed by atoms with E-state index in [1.807, 2.05) is 0 Å².